The summed E-state index contributed by atoms with van der Waals surface area (Å²) in [7, 11) is -3.33. The van der Waals surface area contributed by atoms with Crippen molar-refractivity contribution in [3.05, 3.63) is 0 Å². The molecule has 0 aliphatic rings. The van der Waals surface area contributed by atoms with Crippen LogP contribution in [0, 0.1) is 0 Å². The summed E-state index contributed by atoms with van der Waals surface area (Å²) in [5.74, 6) is 0.143. The largest absolute Gasteiger partial charge is 0.475 e. The Bertz CT molecular complexity index is 414. The van der Waals surface area contributed by atoms with Gasteiger partial charge in [-0.25, -0.2) is 8.42 Å². The number of hydrogen-bond donors (Lipinski definition) is 0. The number of sulfone groups is 1. The van der Waals surface area contributed by atoms with Gasteiger partial charge in [-0.05, 0) is 6.42 Å². The van der Waals surface area contributed by atoms with Crippen LogP contribution in [0.2, 0.25) is 0 Å². The number of nitrogens with zero attached hydrogens (tertiary/aromatic N) is 2. The molecule has 1 aromatic rings. The average Bonchev–Trinajstić information content (AvgIpc) is 2.65. The summed E-state index contributed by atoms with van der Waals surface area (Å²) in [5, 5.41) is -0.0482. The second-order valence-electron chi connectivity index (χ2n) is 3.56. The summed E-state index contributed by atoms with van der Waals surface area (Å²) in [6, 6.07) is 0. The molecule has 0 unspecified atom stereocenters. The van der Waals surface area contributed by atoms with Gasteiger partial charge in [-0.15, -0.1) is 4.37 Å². The molecule has 1 heterocycles. The molecule has 5 nitrogen and oxygen atoms in total. The summed E-state index contributed by atoms with van der Waals surface area (Å²) in [6.07, 6.45) is 5.43. The zero-order valence-electron chi connectivity index (χ0n) is 9.47. The van der Waals surface area contributed by atoms with Crippen LogP contribution >= 0.6 is 11.7 Å². The van der Waals surface area contributed by atoms with Gasteiger partial charge >= 0.3 is 0 Å². The van der Waals surface area contributed by atoms with Crippen molar-refractivity contribution in [3.63, 3.8) is 0 Å². The first-order valence-corrected chi connectivity index (χ1v) is 7.83. The standard InChI is InChI=1S/C9H16N2O3S2/c1-3-4-5-6-7-14-8-9(11-15-10-8)16(2,12)13/h3-7H2,1-2H3. The van der Waals surface area contributed by atoms with Gasteiger partial charge in [-0.2, -0.15) is 4.37 Å². The Morgan fingerprint density at radius 2 is 2.00 bits per heavy atom. The number of aromatic nitrogens is 2. The Morgan fingerprint density at radius 1 is 1.25 bits per heavy atom. The zero-order chi connectivity index (χ0) is 12.0. The summed E-state index contributed by atoms with van der Waals surface area (Å²) in [6.45, 7) is 2.63. The van der Waals surface area contributed by atoms with Gasteiger partial charge in [0.25, 0.3) is 5.88 Å². The number of rotatable bonds is 7. The lowest BCUT2D eigenvalue weighted by atomic mass is 10.2. The lowest BCUT2D eigenvalue weighted by Gasteiger charge is -2.03. The third-order valence-electron chi connectivity index (χ3n) is 2.02. The fraction of sp³-hybridized carbons (Fsp3) is 0.778. The Hall–Kier alpha value is -0.690. The molecule has 7 heteroatoms. The summed E-state index contributed by atoms with van der Waals surface area (Å²) >= 11 is 0.857. The van der Waals surface area contributed by atoms with Crippen LogP contribution in [0.4, 0.5) is 0 Å². The maximum atomic E-state index is 11.3. The van der Waals surface area contributed by atoms with Gasteiger partial charge in [-0.1, -0.05) is 26.2 Å². The van der Waals surface area contributed by atoms with Gasteiger partial charge in [0.05, 0.1) is 18.3 Å². The molecule has 1 aromatic heterocycles. The predicted molar refractivity (Wildman–Crippen MR) is 62.7 cm³/mol. The molecule has 0 aliphatic heterocycles. The van der Waals surface area contributed by atoms with Gasteiger partial charge < -0.3 is 4.74 Å². The van der Waals surface area contributed by atoms with Gasteiger partial charge in [0, 0.05) is 6.26 Å². The van der Waals surface area contributed by atoms with E-state index in [2.05, 4.69) is 15.7 Å². The quantitative estimate of drug-likeness (QED) is 0.703. The predicted octanol–water partition coefficient (Wildman–Crippen LogP) is 1.90. The molecule has 0 fully saturated rings. The minimum Gasteiger partial charge on any atom is -0.475 e. The second kappa shape index (κ2) is 6.15. The van der Waals surface area contributed by atoms with Crippen LogP contribution in [0.1, 0.15) is 32.6 Å². The van der Waals surface area contributed by atoms with Crippen molar-refractivity contribution >= 4 is 21.6 Å². The van der Waals surface area contributed by atoms with Crippen molar-refractivity contribution in [3.8, 4) is 5.88 Å². The minimum atomic E-state index is -3.33. The number of unbranched alkanes of at least 4 members (excludes halogenated alkanes) is 3. The van der Waals surface area contributed by atoms with E-state index in [0.717, 1.165) is 43.7 Å². The van der Waals surface area contributed by atoms with Crippen LogP contribution in [0.15, 0.2) is 5.03 Å². The van der Waals surface area contributed by atoms with Gasteiger partial charge in [0.2, 0.25) is 5.03 Å². The Kier molecular flexibility index (Phi) is 5.14. The molecule has 0 aliphatic carbocycles. The highest BCUT2D eigenvalue weighted by Crippen LogP contribution is 2.20. The van der Waals surface area contributed by atoms with Crippen molar-refractivity contribution in [2.24, 2.45) is 0 Å². The van der Waals surface area contributed by atoms with Crippen LogP contribution in [-0.2, 0) is 9.84 Å². The van der Waals surface area contributed by atoms with Crippen LogP contribution in [0.3, 0.4) is 0 Å². The molecule has 0 spiro atoms. The van der Waals surface area contributed by atoms with E-state index in [1.165, 1.54) is 0 Å². The fourth-order valence-corrected chi connectivity index (χ4v) is 2.71. The molecule has 0 atom stereocenters. The molecule has 1 rings (SSSR count). The smallest absolute Gasteiger partial charge is 0.265 e. The first-order valence-electron chi connectivity index (χ1n) is 5.21. The van der Waals surface area contributed by atoms with E-state index in [9.17, 15) is 8.42 Å². The molecular formula is C9H16N2O3S2. The van der Waals surface area contributed by atoms with Crippen LogP contribution in [-0.4, -0.2) is 30.0 Å². The second-order valence-corrected chi connectivity index (χ2v) is 6.02. The van der Waals surface area contributed by atoms with E-state index in [-0.39, 0.29) is 10.9 Å². The van der Waals surface area contributed by atoms with Crippen LogP contribution < -0.4 is 4.74 Å². The topological polar surface area (TPSA) is 69.2 Å². The van der Waals surface area contributed by atoms with E-state index in [1.807, 2.05) is 0 Å². The van der Waals surface area contributed by atoms with E-state index in [0.29, 0.717) is 6.61 Å². The monoisotopic (exact) mass is 264 g/mol. The lowest BCUT2D eigenvalue weighted by Crippen LogP contribution is -2.04. The first-order chi connectivity index (χ1) is 7.55. The molecule has 92 valence electrons. The van der Waals surface area contributed by atoms with Gasteiger partial charge in [0.15, 0.2) is 9.84 Å². The zero-order valence-corrected chi connectivity index (χ0v) is 11.1. The lowest BCUT2D eigenvalue weighted by molar-refractivity contribution is 0.288. The maximum Gasteiger partial charge on any atom is 0.265 e. The molecular weight excluding hydrogens is 248 g/mol. The normalized spacial score (nSPS) is 11.6. The van der Waals surface area contributed by atoms with Crippen molar-refractivity contribution < 1.29 is 13.2 Å². The molecule has 0 saturated heterocycles. The van der Waals surface area contributed by atoms with E-state index in [1.54, 1.807) is 0 Å². The highest BCUT2D eigenvalue weighted by molar-refractivity contribution is 7.90. The SMILES string of the molecule is CCCCCCOc1nsnc1S(C)(=O)=O. The van der Waals surface area contributed by atoms with Crippen molar-refractivity contribution in [2.75, 3.05) is 12.9 Å². The average molecular weight is 264 g/mol. The maximum absolute atomic E-state index is 11.3. The summed E-state index contributed by atoms with van der Waals surface area (Å²) < 4.78 is 35.4. The molecule has 0 bridgehead atoms. The van der Waals surface area contributed by atoms with Crippen molar-refractivity contribution in [1.29, 1.82) is 0 Å². The molecule has 0 radical (unpaired) electrons. The molecule has 0 amide bonds. The number of hydrogen-bond acceptors (Lipinski definition) is 6. The van der Waals surface area contributed by atoms with Crippen LogP contribution in [0.25, 0.3) is 0 Å². The third-order valence-corrected chi connectivity index (χ3v) is 3.61. The van der Waals surface area contributed by atoms with E-state index >= 15 is 0 Å². The molecule has 0 aromatic carbocycles. The van der Waals surface area contributed by atoms with Gasteiger partial charge in [0.1, 0.15) is 0 Å². The van der Waals surface area contributed by atoms with E-state index < -0.39 is 9.84 Å². The highest BCUT2D eigenvalue weighted by Gasteiger charge is 2.19. The minimum absolute atomic E-state index is 0.0482. The van der Waals surface area contributed by atoms with E-state index in [4.69, 9.17) is 4.74 Å². The Balaban J connectivity index is 2.46. The summed E-state index contributed by atoms with van der Waals surface area (Å²) in [4.78, 5) is 0. The fourth-order valence-electron chi connectivity index (χ4n) is 1.18. The van der Waals surface area contributed by atoms with Crippen LogP contribution in [0.5, 0.6) is 5.88 Å². The van der Waals surface area contributed by atoms with Crippen molar-refractivity contribution in [1.82, 2.24) is 8.75 Å². The summed E-state index contributed by atoms with van der Waals surface area (Å²) in [5.41, 5.74) is 0. The van der Waals surface area contributed by atoms with Gasteiger partial charge in [-0.3, -0.25) is 0 Å². The third kappa shape index (κ3) is 4.05. The molecule has 16 heavy (non-hydrogen) atoms. The first kappa shape index (κ1) is 13.4. The van der Waals surface area contributed by atoms with Crippen molar-refractivity contribution in [2.45, 2.75) is 37.6 Å². The molecule has 0 saturated carbocycles. The number of ether oxygens (including phenoxy) is 1. The molecule has 0 N–H and O–H groups in total. The Labute approximate surface area is 100 Å². The highest BCUT2D eigenvalue weighted by atomic mass is 32.2. The Morgan fingerprint density at radius 3 is 2.62 bits per heavy atom.